The molecule has 0 spiro atoms. The normalized spacial score (nSPS) is 18.2. The van der Waals surface area contributed by atoms with E-state index in [0.29, 0.717) is 19.2 Å². The Labute approximate surface area is 128 Å². The predicted molar refractivity (Wildman–Crippen MR) is 86.9 cm³/mol. The molecule has 1 fully saturated rings. The van der Waals surface area contributed by atoms with E-state index >= 15 is 0 Å². The van der Waals surface area contributed by atoms with Gasteiger partial charge in [0.05, 0.1) is 0 Å². The van der Waals surface area contributed by atoms with Gasteiger partial charge in [0, 0.05) is 12.6 Å². The molecule has 21 heavy (non-hydrogen) atoms. The minimum atomic E-state index is -0.450. The Balaban J connectivity index is 1.70. The van der Waals surface area contributed by atoms with Crippen molar-refractivity contribution < 1.29 is 9.84 Å². The highest BCUT2D eigenvalue weighted by molar-refractivity contribution is 5.35. The van der Waals surface area contributed by atoms with Gasteiger partial charge in [-0.2, -0.15) is 0 Å². The summed E-state index contributed by atoms with van der Waals surface area (Å²) in [6.07, 6.45) is 7.37. The second-order valence-electron chi connectivity index (χ2n) is 6.33. The summed E-state index contributed by atoms with van der Waals surface area (Å²) >= 11 is 0. The number of rotatable bonds is 6. The number of benzene rings is 1. The van der Waals surface area contributed by atoms with Crippen LogP contribution in [0.2, 0.25) is 0 Å². The van der Waals surface area contributed by atoms with E-state index in [1.807, 2.05) is 19.1 Å². The van der Waals surface area contributed by atoms with Gasteiger partial charge in [-0.3, -0.25) is 0 Å². The molecule has 0 aliphatic heterocycles. The van der Waals surface area contributed by atoms with Crippen LogP contribution < -0.4 is 10.1 Å². The zero-order valence-electron chi connectivity index (χ0n) is 13.4. The zero-order valence-corrected chi connectivity index (χ0v) is 13.4. The van der Waals surface area contributed by atoms with Crippen molar-refractivity contribution in [3.8, 4) is 5.75 Å². The third kappa shape index (κ3) is 5.68. The number of aliphatic hydroxyl groups is 1. The average molecular weight is 291 g/mol. The molecule has 1 aliphatic rings. The van der Waals surface area contributed by atoms with Gasteiger partial charge < -0.3 is 15.2 Å². The van der Waals surface area contributed by atoms with Gasteiger partial charge in [-0.05, 0) is 38.3 Å². The molecule has 0 amide bonds. The fourth-order valence-electron chi connectivity index (χ4n) is 2.99. The first-order valence-corrected chi connectivity index (χ1v) is 8.26. The molecule has 1 aromatic carbocycles. The van der Waals surface area contributed by atoms with Gasteiger partial charge in [-0.1, -0.05) is 43.4 Å². The number of hydrogen-bond donors (Lipinski definition) is 2. The van der Waals surface area contributed by atoms with Crippen molar-refractivity contribution in [3.63, 3.8) is 0 Å². The molecule has 1 saturated carbocycles. The third-order valence-corrected chi connectivity index (χ3v) is 4.26. The average Bonchev–Trinajstić information content (AvgIpc) is 2.73. The van der Waals surface area contributed by atoms with E-state index < -0.39 is 6.10 Å². The van der Waals surface area contributed by atoms with Crippen LogP contribution in [0, 0.1) is 13.8 Å². The quantitative estimate of drug-likeness (QED) is 0.790. The van der Waals surface area contributed by atoms with Crippen LogP contribution >= 0.6 is 0 Å². The molecule has 1 aromatic rings. The molecule has 0 bridgehead atoms. The Kier molecular flexibility index (Phi) is 6.52. The summed E-state index contributed by atoms with van der Waals surface area (Å²) in [7, 11) is 0. The summed E-state index contributed by atoms with van der Waals surface area (Å²) in [5, 5.41) is 13.6. The second-order valence-corrected chi connectivity index (χ2v) is 6.33. The van der Waals surface area contributed by atoms with Crippen molar-refractivity contribution in [3.05, 3.63) is 29.3 Å². The molecule has 2 rings (SSSR count). The highest BCUT2D eigenvalue weighted by Crippen LogP contribution is 2.19. The lowest BCUT2D eigenvalue weighted by atomic mass is 10.1. The maximum absolute atomic E-state index is 10.1. The lowest BCUT2D eigenvalue weighted by Crippen LogP contribution is -2.37. The summed E-state index contributed by atoms with van der Waals surface area (Å²) < 4.78 is 5.73. The largest absolute Gasteiger partial charge is 0.491 e. The first kappa shape index (κ1) is 16.3. The molecular formula is C18H29NO2. The lowest BCUT2D eigenvalue weighted by Gasteiger charge is -2.19. The maximum Gasteiger partial charge on any atom is 0.122 e. The second kappa shape index (κ2) is 8.40. The van der Waals surface area contributed by atoms with Crippen LogP contribution in [0.1, 0.15) is 49.7 Å². The van der Waals surface area contributed by atoms with Crippen LogP contribution in [0.5, 0.6) is 5.75 Å². The first-order valence-electron chi connectivity index (χ1n) is 8.26. The molecule has 3 nitrogen and oxygen atoms in total. The van der Waals surface area contributed by atoms with Gasteiger partial charge in [0.1, 0.15) is 18.5 Å². The third-order valence-electron chi connectivity index (χ3n) is 4.26. The lowest BCUT2D eigenvalue weighted by molar-refractivity contribution is 0.102. The standard InChI is InChI=1S/C18H29NO2/c1-14-9-10-18(15(2)11-14)21-13-17(20)12-19-16-7-5-3-4-6-8-16/h9-11,16-17,19-20H,3-8,12-13H2,1-2H3/t17-/m1/s1. The van der Waals surface area contributed by atoms with Gasteiger partial charge in [-0.25, -0.2) is 0 Å². The summed E-state index contributed by atoms with van der Waals surface area (Å²) in [5.74, 6) is 0.870. The smallest absolute Gasteiger partial charge is 0.122 e. The summed E-state index contributed by atoms with van der Waals surface area (Å²) in [6.45, 7) is 5.08. The zero-order chi connectivity index (χ0) is 15.1. The fourth-order valence-corrected chi connectivity index (χ4v) is 2.99. The monoisotopic (exact) mass is 291 g/mol. The van der Waals surface area contributed by atoms with E-state index in [4.69, 9.17) is 4.74 Å². The Hall–Kier alpha value is -1.06. The molecule has 2 N–H and O–H groups in total. The van der Waals surface area contributed by atoms with Gasteiger partial charge in [0.2, 0.25) is 0 Å². The van der Waals surface area contributed by atoms with E-state index in [-0.39, 0.29) is 0 Å². The fraction of sp³-hybridized carbons (Fsp3) is 0.667. The van der Waals surface area contributed by atoms with Crippen LogP contribution in [0.3, 0.4) is 0 Å². The molecule has 0 aromatic heterocycles. The van der Waals surface area contributed by atoms with E-state index in [2.05, 4.69) is 18.3 Å². The Bertz CT molecular complexity index is 425. The van der Waals surface area contributed by atoms with Gasteiger partial charge in [-0.15, -0.1) is 0 Å². The number of hydrogen-bond acceptors (Lipinski definition) is 3. The molecule has 1 atom stereocenters. The van der Waals surface area contributed by atoms with E-state index in [1.54, 1.807) is 0 Å². The molecule has 0 saturated heterocycles. The molecular weight excluding hydrogens is 262 g/mol. The molecule has 0 heterocycles. The number of nitrogens with one attached hydrogen (secondary N) is 1. The molecule has 0 radical (unpaired) electrons. The van der Waals surface area contributed by atoms with Crippen molar-refractivity contribution >= 4 is 0 Å². The summed E-state index contributed by atoms with van der Waals surface area (Å²) in [4.78, 5) is 0. The van der Waals surface area contributed by atoms with E-state index in [1.165, 1.54) is 44.1 Å². The number of ether oxygens (including phenoxy) is 1. The molecule has 1 aliphatic carbocycles. The Morgan fingerprint density at radius 3 is 2.57 bits per heavy atom. The summed E-state index contributed by atoms with van der Waals surface area (Å²) in [6, 6.07) is 6.70. The highest BCUT2D eigenvalue weighted by atomic mass is 16.5. The van der Waals surface area contributed by atoms with Crippen LogP contribution in [0.25, 0.3) is 0 Å². The van der Waals surface area contributed by atoms with Crippen LogP contribution in [0.15, 0.2) is 18.2 Å². The first-order chi connectivity index (χ1) is 10.1. The van der Waals surface area contributed by atoms with Crippen molar-refractivity contribution in [2.45, 2.75) is 64.5 Å². The summed E-state index contributed by atoms with van der Waals surface area (Å²) in [5.41, 5.74) is 2.36. The van der Waals surface area contributed by atoms with Crippen LogP contribution in [-0.2, 0) is 0 Å². The topological polar surface area (TPSA) is 41.5 Å². The van der Waals surface area contributed by atoms with Crippen molar-refractivity contribution in [2.24, 2.45) is 0 Å². The van der Waals surface area contributed by atoms with Crippen molar-refractivity contribution in [1.29, 1.82) is 0 Å². The maximum atomic E-state index is 10.1. The molecule has 0 unspecified atom stereocenters. The van der Waals surface area contributed by atoms with E-state index in [0.717, 1.165) is 11.3 Å². The number of aryl methyl sites for hydroxylation is 2. The minimum absolute atomic E-state index is 0.351. The number of aliphatic hydroxyl groups excluding tert-OH is 1. The van der Waals surface area contributed by atoms with Gasteiger partial charge in [0.25, 0.3) is 0 Å². The SMILES string of the molecule is Cc1ccc(OC[C@H](O)CNC2CCCCCC2)c(C)c1. The molecule has 118 valence electrons. The Morgan fingerprint density at radius 1 is 1.19 bits per heavy atom. The Morgan fingerprint density at radius 2 is 1.90 bits per heavy atom. The van der Waals surface area contributed by atoms with Crippen LogP contribution in [0.4, 0.5) is 0 Å². The minimum Gasteiger partial charge on any atom is -0.491 e. The van der Waals surface area contributed by atoms with Crippen LogP contribution in [-0.4, -0.2) is 30.4 Å². The van der Waals surface area contributed by atoms with Crippen molar-refractivity contribution in [2.75, 3.05) is 13.2 Å². The van der Waals surface area contributed by atoms with Gasteiger partial charge in [0.15, 0.2) is 0 Å². The van der Waals surface area contributed by atoms with Gasteiger partial charge >= 0.3 is 0 Å². The molecule has 3 heteroatoms. The highest BCUT2D eigenvalue weighted by Gasteiger charge is 2.14. The van der Waals surface area contributed by atoms with E-state index in [9.17, 15) is 5.11 Å². The predicted octanol–water partition coefficient (Wildman–Crippen LogP) is 3.36. The van der Waals surface area contributed by atoms with Crippen molar-refractivity contribution in [1.82, 2.24) is 5.32 Å².